The van der Waals surface area contributed by atoms with E-state index in [0.717, 1.165) is 11.1 Å². The number of nitrogens with one attached hydrogen (secondary N) is 1. The molecular formula is C22H27N3O3S. The highest BCUT2D eigenvalue weighted by molar-refractivity contribution is 7.92. The standard InChI is InChI=1S/C22H27N3O3S/c1-19(21-10-6-3-7-11-21)23-22(26)18-24-13-15-25(16-14-24)29(27,28)17-12-20-8-4-2-5-9-20/h2-12,17,19H,13-16,18H2,1H3,(H,23,26)/b17-12+. The van der Waals surface area contributed by atoms with Gasteiger partial charge < -0.3 is 5.32 Å². The van der Waals surface area contributed by atoms with Crippen LogP contribution in [-0.4, -0.2) is 56.3 Å². The fourth-order valence-corrected chi connectivity index (χ4v) is 4.45. The number of nitrogens with zero attached hydrogens (tertiary/aromatic N) is 2. The van der Waals surface area contributed by atoms with E-state index in [0.29, 0.717) is 26.2 Å². The SMILES string of the molecule is CC(NC(=O)CN1CCN(S(=O)(=O)/C=C/c2ccccc2)CC1)c1ccccc1. The molecule has 1 saturated heterocycles. The van der Waals surface area contributed by atoms with Crippen molar-refractivity contribution in [3.05, 3.63) is 77.2 Å². The lowest BCUT2D eigenvalue weighted by Crippen LogP contribution is -2.50. The lowest BCUT2D eigenvalue weighted by Gasteiger charge is -2.33. The van der Waals surface area contributed by atoms with Crippen LogP contribution < -0.4 is 5.32 Å². The second-order valence-electron chi connectivity index (χ2n) is 7.13. The van der Waals surface area contributed by atoms with E-state index >= 15 is 0 Å². The van der Waals surface area contributed by atoms with Crippen LogP contribution in [0.2, 0.25) is 0 Å². The smallest absolute Gasteiger partial charge is 0.236 e. The first-order valence-electron chi connectivity index (χ1n) is 9.74. The number of benzene rings is 2. The molecular weight excluding hydrogens is 386 g/mol. The molecule has 0 spiro atoms. The molecule has 3 rings (SSSR count). The predicted molar refractivity (Wildman–Crippen MR) is 115 cm³/mol. The normalized spacial score (nSPS) is 17.3. The molecule has 1 N–H and O–H groups in total. The first kappa shape index (κ1) is 21.2. The third-order valence-electron chi connectivity index (χ3n) is 4.97. The van der Waals surface area contributed by atoms with Gasteiger partial charge in [0.05, 0.1) is 12.6 Å². The van der Waals surface area contributed by atoms with Gasteiger partial charge in [0.15, 0.2) is 0 Å². The third-order valence-corrected chi connectivity index (χ3v) is 6.53. The van der Waals surface area contributed by atoms with Crippen molar-refractivity contribution in [3.8, 4) is 0 Å². The number of hydrogen-bond donors (Lipinski definition) is 1. The van der Waals surface area contributed by atoms with Gasteiger partial charge in [-0.15, -0.1) is 0 Å². The third kappa shape index (κ3) is 6.25. The first-order chi connectivity index (χ1) is 13.9. The maximum absolute atomic E-state index is 12.5. The summed E-state index contributed by atoms with van der Waals surface area (Å²) in [5.74, 6) is -0.0540. The lowest BCUT2D eigenvalue weighted by atomic mass is 10.1. The van der Waals surface area contributed by atoms with Crippen LogP contribution in [-0.2, 0) is 14.8 Å². The zero-order chi connectivity index (χ0) is 20.7. The van der Waals surface area contributed by atoms with Crippen LogP contribution in [0, 0.1) is 0 Å². The van der Waals surface area contributed by atoms with E-state index in [1.54, 1.807) is 6.08 Å². The molecule has 1 heterocycles. The fraction of sp³-hybridized carbons (Fsp3) is 0.318. The topological polar surface area (TPSA) is 69.7 Å². The molecule has 1 unspecified atom stereocenters. The zero-order valence-electron chi connectivity index (χ0n) is 16.6. The number of sulfonamides is 1. The van der Waals surface area contributed by atoms with Crippen molar-refractivity contribution in [3.63, 3.8) is 0 Å². The highest BCUT2D eigenvalue weighted by atomic mass is 32.2. The Hall–Kier alpha value is -2.48. The average Bonchev–Trinajstić information content (AvgIpc) is 2.74. The van der Waals surface area contributed by atoms with Gasteiger partial charge in [0.2, 0.25) is 15.9 Å². The van der Waals surface area contributed by atoms with Crippen LogP contribution in [0.25, 0.3) is 6.08 Å². The number of hydrogen-bond acceptors (Lipinski definition) is 4. The number of carbonyl (C=O) groups is 1. The van der Waals surface area contributed by atoms with Gasteiger partial charge in [0, 0.05) is 31.6 Å². The Labute approximate surface area is 172 Å². The molecule has 0 radical (unpaired) electrons. The number of rotatable bonds is 7. The van der Waals surface area contributed by atoms with Crippen LogP contribution in [0.15, 0.2) is 66.1 Å². The van der Waals surface area contributed by atoms with Crippen molar-refractivity contribution in [2.24, 2.45) is 0 Å². The molecule has 0 aliphatic carbocycles. The second kappa shape index (κ2) is 9.82. The van der Waals surface area contributed by atoms with Crippen LogP contribution in [0.5, 0.6) is 0 Å². The summed E-state index contributed by atoms with van der Waals surface area (Å²) in [6.07, 6.45) is 1.61. The fourth-order valence-electron chi connectivity index (χ4n) is 3.27. The molecule has 7 heteroatoms. The molecule has 1 amide bonds. The van der Waals surface area contributed by atoms with Crippen LogP contribution in [0.3, 0.4) is 0 Å². The van der Waals surface area contributed by atoms with Crippen molar-refractivity contribution in [2.45, 2.75) is 13.0 Å². The van der Waals surface area contributed by atoms with E-state index in [9.17, 15) is 13.2 Å². The molecule has 1 aliphatic rings. The number of piperazine rings is 1. The Bertz CT molecular complexity index is 922. The lowest BCUT2D eigenvalue weighted by molar-refractivity contribution is -0.123. The van der Waals surface area contributed by atoms with E-state index in [-0.39, 0.29) is 18.5 Å². The van der Waals surface area contributed by atoms with Gasteiger partial charge in [-0.05, 0) is 24.1 Å². The average molecular weight is 414 g/mol. The van der Waals surface area contributed by atoms with Crippen LogP contribution in [0.1, 0.15) is 24.1 Å². The minimum Gasteiger partial charge on any atom is -0.348 e. The maximum atomic E-state index is 12.5. The van der Waals surface area contributed by atoms with Gasteiger partial charge in [-0.3, -0.25) is 9.69 Å². The first-order valence-corrected chi connectivity index (χ1v) is 11.2. The molecule has 0 saturated carbocycles. The van der Waals surface area contributed by atoms with Crippen molar-refractivity contribution in [1.29, 1.82) is 0 Å². The van der Waals surface area contributed by atoms with Crippen LogP contribution >= 0.6 is 0 Å². The van der Waals surface area contributed by atoms with Crippen molar-refractivity contribution in [1.82, 2.24) is 14.5 Å². The number of carbonyl (C=O) groups excluding carboxylic acids is 1. The molecule has 154 valence electrons. The molecule has 6 nitrogen and oxygen atoms in total. The summed E-state index contributed by atoms with van der Waals surface area (Å²) in [5, 5.41) is 4.26. The van der Waals surface area contributed by atoms with E-state index in [4.69, 9.17) is 0 Å². The quantitative estimate of drug-likeness (QED) is 0.757. The Kier molecular flexibility index (Phi) is 7.19. The van der Waals surface area contributed by atoms with Gasteiger partial charge in [-0.2, -0.15) is 4.31 Å². The van der Waals surface area contributed by atoms with Gasteiger partial charge in [0.25, 0.3) is 0 Å². The monoisotopic (exact) mass is 413 g/mol. The Morgan fingerprint density at radius 3 is 2.21 bits per heavy atom. The van der Waals surface area contributed by atoms with E-state index in [1.165, 1.54) is 9.71 Å². The minimum atomic E-state index is -3.46. The summed E-state index contributed by atoms with van der Waals surface area (Å²) in [6, 6.07) is 19.1. The molecule has 0 aromatic heterocycles. The van der Waals surface area contributed by atoms with Crippen molar-refractivity contribution >= 4 is 22.0 Å². The van der Waals surface area contributed by atoms with Gasteiger partial charge in [-0.1, -0.05) is 60.7 Å². The molecule has 29 heavy (non-hydrogen) atoms. The molecule has 1 fully saturated rings. The molecule has 2 aromatic carbocycles. The summed E-state index contributed by atoms with van der Waals surface area (Å²) < 4.78 is 26.5. The summed E-state index contributed by atoms with van der Waals surface area (Å²) in [7, 11) is -3.46. The Morgan fingerprint density at radius 2 is 1.59 bits per heavy atom. The molecule has 2 aromatic rings. The number of amides is 1. The summed E-state index contributed by atoms with van der Waals surface area (Å²) in [6.45, 7) is 4.05. The van der Waals surface area contributed by atoms with Gasteiger partial charge >= 0.3 is 0 Å². The summed E-state index contributed by atoms with van der Waals surface area (Å²) in [4.78, 5) is 14.3. The Balaban J connectivity index is 1.47. The molecule has 0 bridgehead atoms. The highest BCUT2D eigenvalue weighted by Crippen LogP contribution is 2.13. The Morgan fingerprint density at radius 1 is 1.00 bits per heavy atom. The van der Waals surface area contributed by atoms with Gasteiger partial charge in [0.1, 0.15) is 0 Å². The maximum Gasteiger partial charge on any atom is 0.236 e. The van der Waals surface area contributed by atoms with E-state index in [2.05, 4.69) is 5.32 Å². The summed E-state index contributed by atoms with van der Waals surface area (Å²) >= 11 is 0. The second-order valence-corrected chi connectivity index (χ2v) is 8.95. The minimum absolute atomic E-state index is 0.0540. The van der Waals surface area contributed by atoms with E-state index < -0.39 is 10.0 Å². The van der Waals surface area contributed by atoms with Crippen LogP contribution in [0.4, 0.5) is 0 Å². The van der Waals surface area contributed by atoms with Gasteiger partial charge in [-0.25, -0.2) is 8.42 Å². The van der Waals surface area contributed by atoms with Crippen molar-refractivity contribution in [2.75, 3.05) is 32.7 Å². The predicted octanol–water partition coefficient (Wildman–Crippen LogP) is 2.48. The largest absolute Gasteiger partial charge is 0.348 e. The van der Waals surface area contributed by atoms with E-state index in [1.807, 2.05) is 72.5 Å². The molecule has 1 aliphatic heterocycles. The zero-order valence-corrected chi connectivity index (χ0v) is 17.4. The highest BCUT2D eigenvalue weighted by Gasteiger charge is 2.26. The molecule has 1 atom stereocenters. The summed E-state index contributed by atoms with van der Waals surface area (Å²) in [5.41, 5.74) is 1.90. The van der Waals surface area contributed by atoms with Crippen molar-refractivity contribution < 1.29 is 13.2 Å².